The number of hydrogen-bond acceptors (Lipinski definition) is 3. The zero-order valence-electron chi connectivity index (χ0n) is 10.6. The van der Waals surface area contributed by atoms with Crippen LogP contribution in [0.5, 0.6) is 0 Å². The van der Waals surface area contributed by atoms with E-state index in [9.17, 15) is 4.79 Å². The molecule has 1 rings (SSSR count). The first-order valence-corrected chi connectivity index (χ1v) is 6.12. The van der Waals surface area contributed by atoms with Crippen molar-refractivity contribution in [1.82, 2.24) is 10.6 Å². The lowest BCUT2D eigenvalue weighted by molar-refractivity contribution is -0.126. The zero-order chi connectivity index (χ0) is 12.0. The first-order valence-electron chi connectivity index (χ1n) is 6.12. The van der Waals surface area contributed by atoms with Crippen molar-refractivity contribution in [2.75, 3.05) is 26.8 Å². The number of carbonyl (C=O) groups is 1. The fourth-order valence-electron chi connectivity index (χ4n) is 2.35. The number of amides is 1. The Hall–Kier alpha value is -0.610. The van der Waals surface area contributed by atoms with Crippen molar-refractivity contribution in [3.63, 3.8) is 0 Å². The average Bonchev–Trinajstić information content (AvgIpc) is 2.20. The average molecular weight is 228 g/mol. The SMILES string of the molecule is COCC(=O)NC1CNCCC1CC(C)C. The molecule has 0 aromatic heterocycles. The van der Waals surface area contributed by atoms with Crippen molar-refractivity contribution in [3.05, 3.63) is 0 Å². The van der Waals surface area contributed by atoms with Crippen LogP contribution >= 0.6 is 0 Å². The highest BCUT2D eigenvalue weighted by molar-refractivity contribution is 5.77. The van der Waals surface area contributed by atoms with Gasteiger partial charge in [0.1, 0.15) is 6.61 Å². The highest BCUT2D eigenvalue weighted by Gasteiger charge is 2.26. The Labute approximate surface area is 98.1 Å². The third-order valence-corrected chi connectivity index (χ3v) is 3.02. The molecule has 2 N–H and O–H groups in total. The number of rotatable bonds is 5. The van der Waals surface area contributed by atoms with Crippen molar-refractivity contribution in [3.8, 4) is 0 Å². The molecule has 4 nitrogen and oxygen atoms in total. The first kappa shape index (κ1) is 13.5. The summed E-state index contributed by atoms with van der Waals surface area (Å²) in [6, 6.07) is 0.263. The minimum absolute atomic E-state index is 0.00930. The molecule has 1 amide bonds. The van der Waals surface area contributed by atoms with Crippen LogP contribution in [-0.2, 0) is 9.53 Å². The van der Waals surface area contributed by atoms with Crippen LogP contribution in [0.3, 0.4) is 0 Å². The highest BCUT2D eigenvalue weighted by atomic mass is 16.5. The monoisotopic (exact) mass is 228 g/mol. The summed E-state index contributed by atoms with van der Waals surface area (Å²) >= 11 is 0. The topological polar surface area (TPSA) is 50.4 Å². The molecule has 0 spiro atoms. The smallest absolute Gasteiger partial charge is 0.246 e. The van der Waals surface area contributed by atoms with E-state index in [4.69, 9.17) is 4.74 Å². The molecule has 1 saturated heterocycles. The van der Waals surface area contributed by atoms with E-state index in [1.54, 1.807) is 7.11 Å². The van der Waals surface area contributed by atoms with Crippen molar-refractivity contribution in [2.45, 2.75) is 32.7 Å². The molecule has 1 aliphatic rings. The van der Waals surface area contributed by atoms with Crippen molar-refractivity contribution in [1.29, 1.82) is 0 Å². The summed E-state index contributed by atoms with van der Waals surface area (Å²) in [6.07, 6.45) is 2.33. The highest BCUT2D eigenvalue weighted by Crippen LogP contribution is 2.21. The fraction of sp³-hybridized carbons (Fsp3) is 0.917. The van der Waals surface area contributed by atoms with Gasteiger partial charge in [0.25, 0.3) is 0 Å². The Morgan fingerprint density at radius 1 is 1.56 bits per heavy atom. The summed E-state index contributed by atoms with van der Waals surface area (Å²) in [4.78, 5) is 11.5. The molecule has 4 heteroatoms. The molecule has 1 heterocycles. The van der Waals surface area contributed by atoms with Gasteiger partial charge >= 0.3 is 0 Å². The third-order valence-electron chi connectivity index (χ3n) is 3.02. The Kier molecular flexibility index (Phi) is 5.77. The summed E-state index contributed by atoms with van der Waals surface area (Å²) in [5, 5.41) is 6.38. The van der Waals surface area contributed by atoms with Gasteiger partial charge in [0, 0.05) is 19.7 Å². The molecule has 0 aromatic carbocycles. The minimum atomic E-state index is -0.00930. The van der Waals surface area contributed by atoms with Crippen LogP contribution in [0, 0.1) is 11.8 Å². The van der Waals surface area contributed by atoms with E-state index in [0.29, 0.717) is 11.8 Å². The Balaban J connectivity index is 2.43. The number of hydrogen-bond donors (Lipinski definition) is 2. The second-order valence-corrected chi connectivity index (χ2v) is 4.99. The van der Waals surface area contributed by atoms with E-state index in [1.807, 2.05) is 0 Å². The standard InChI is InChI=1S/C12H24N2O2/c1-9(2)6-10-4-5-13-7-11(10)14-12(15)8-16-3/h9-11,13H,4-8H2,1-3H3,(H,14,15). The molecule has 16 heavy (non-hydrogen) atoms. The molecule has 2 unspecified atom stereocenters. The van der Waals surface area contributed by atoms with Gasteiger partial charge in [-0.2, -0.15) is 0 Å². The zero-order valence-corrected chi connectivity index (χ0v) is 10.6. The van der Waals surface area contributed by atoms with Gasteiger partial charge in [-0.15, -0.1) is 0 Å². The number of piperidine rings is 1. The number of nitrogens with one attached hydrogen (secondary N) is 2. The molecule has 1 aliphatic heterocycles. The number of methoxy groups -OCH3 is 1. The van der Waals surface area contributed by atoms with Gasteiger partial charge in [-0.3, -0.25) is 4.79 Å². The summed E-state index contributed by atoms with van der Waals surface area (Å²) < 4.78 is 4.83. The van der Waals surface area contributed by atoms with Crippen LogP contribution in [0.15, 0.2) is 0 Å². The maximum atomic E-state index is 11.5. The van der Waals surface area contributed by atoms with E-state index in [-0.39, 0.29) is 18.6 Å². The van der Waals surface area contributed by atoms with Crippen molar-refractivity contribution < 1.29 is 9.53 Å². The molecule has 1 fully saturated rings. The molecular formula is C12H24N2O2. The maximum absolute atomic E-state index is 11.5. The van der Waals surface area contributed by atoms with Crippen LogP contribution in [0.2, 0.25) is 0 Å². The summed E-state index contributed by atoms with van der Waals surface area (Å²) in [5.74, 6) is 1.27. The van der Waals surface area contributed by atoms with Gasteiger partial charge < -0.3 is 15.4 Å². The lowest BCUT2D eigenvalue weighted by atomic mass is 9.85. The van der Waals surface area contributed by atoms with Crippen LogP contribution in [0.4, 0.5) is 0 Å². The van der Waals surface area contributed by atoms with Crippen molar-refractivity contribution >= 4 is 5.91 Å². The maximum Gasteiger partial charge on any atom is 0.246 e. The Morgan fingerprint density at radius 3 is 2.94 bits per heavy atom. The van der Waals surface area contributed by atoms with Crippen LogP contribution in [-0.4, -0.2) is 38.8 Å². The van der Waals surface area contributed by atoms with E-state index in [1.165, 1.54) is 6.42 Å². The predicted molar refractivity (Wildman–Crippen MR) is 64.2 cm³/mol. The number of ether oxygens (including phenoxy) is 1. The lowest BCUT2D eigenvalue weighted by Gasteiger charge is -2.33. The molecule has 94 valence electrons. The molecule has 2 atom stereocenters. The number of carbonyl (C=O) groups excluding carboxylic acids is 1. The quantitative estimate of drug-likeness (QED) is 0.731. The molecule has 0 aromatic rings. The second-order valence-electron chi connectivity index (χ2n) is 4.99. The van der Waals surface area contributed by atoms with Gasteiger partial charge in [-0.05, 0) is 31.2 Å². The normalized spacial score (nSPS) is 25.8. The van der Waals surface area contributed by atoms with Gasteiger partial charge in [-0.25, -0.2) is 0 Å². The van der Waals surface area contributed by atoms with E-state index < -0.39 is 0 Å². The fourth-order valence-corrected chi connectivity index (χ4v) is 2.35. The summed E-state index contributed by atoms with van der Waals surface area (Å²) in [6.45, 7) is 6.57. The lowest BCUT2D eigenvalue weighted by Crippen LogP contribution is -2.52. The minimum Gasteiger partial charge on any atom is -0.375 e. The first-order chi connectivity index (χ1) is 7.63. The Morgan fingerprint density at radius 2 is 2.31 bits per heavy atom. The molecule has 0 aliphatic carbocycles. The largest absolute Gasteiger partial charge is 0.375 e. The second kappa shape index (κ2) is 6.86. The van der Waals surface area contributed by atoms with Gasteiger partial charge in [0.05, 0.1) is 0 Å². The predicted octanol–water partition coefficient (Wildman–Crippen LogP) is 0.773. The van der Waals surface area contributed by atoms with E-state index >= 15 is 0 Å². The van der Waals surface area contributed by atoms with Crippen molar-refractivity contribution in [2.24, 2.45) is 11.8 Å². The molecule has 0 bridgehead atoms. The summed E-state index contributed by atoms with van der Waals surface area (Å²) in [7, 11) is 1.55. The van der Waals surface area contributed by atoms with Gasteiger partial charge in [0.2, 0.25) is 5.91 Å². The van der Waals surface area contributed by atoms with Gasteiger partial charge in [0.15, 0.2) is 0 Å². The molecular weight excluding hydrogens is 204 g/mol. The molecule has 0 saturated carbocycles. The van der Waals surface area contributed by atoms with Crippen LogP contribution < -0.4 is 10.6 Å². The summed E-state index contributed by atoms with van der Waals surface area (Å²) in [5.41, 5.74) is 0. The van der Waals surface area contributed by atoms with E-state index in [2.05, 4.69) is 24.5 Å². The van der Waals surface area contributed by atoms with Gasteiger partial charge in [-0.1, -0.05) is 13.8 Å². The Bertz CT molecular complexity index is 219. The van der Waals surface area contributed by atoms with E-state index in [0.717, 1.165) is 19.5 Å². The van der Waals surface area contributed by atoms with Crippen LogP contribution in [0.25, 0.3) is 0 Å². The molecule has 0 radical (unpaired) electrons. The third kappa shape index (κ3) is 4.49. The van der Waals surface area contributed by atoms with Crippen LogP contribution in [0.1, 0.15) is 26.7 Å².